The van der Waals surface area contributed by atoms with Crippen LogP contribution in [-0.4, -0.2) is 9.55 Å². The van der Waals surface area contributed by atoms with Crippen LogP contribution < -0.4 is 0 Å². The molecular formula is C52H36N2. The first kappa shape index (κ1) is 31.7. The molecule has 0 saturated carbocycles. The molecule has 0 saturated heterocycles. The molecule has 0 radical (unpaired) electrons. The molecule has 0 atom stereocenters. The van der Waals surface area contributed by atoms with Crippen LogP contribution in [0.15, 0.2) is 206 Å². The van der Waals surface area contributed by atoms with E-state index in [1.54, 1.807) is 0 Å². The second-order valence-corrected chi connectivity index (χ2v) is 13.9. The highest BCUT2D eigenvalue weighted by Crippen LogP contribution is 2.44. The molecule has 0 aliphatic heterocycles. The van der Waals surface area contributed by atoms with Crippen molar-refractivity contribution in [3.63, 3.8) is 0 Å². The molecular weight excluding hydrogens is 653 g/mol. The Balaban J connectivity index is 1.05. The third-order valence-corrected chi connectivity index (χ3v) is 10.7. The van der Waals surface area contributed by atoms with E-state index in [9.17, 15) is 0 Å². The van der Waals surface area contributed by atoms with Crippen LogP contribution in [0, 0.1) is 0 Å². The van der Waals surface area contributed by atoms with Crippen molar-refractivity contribution in [2.24, 2.45) is 0 Å². The van der Waals surface area contributed by atoms with Crippen molar-refractivity contribution in [2.75, 3.05) is 0 Å². The predicted octanol–water partition coefficient (Wildman–Crippen LogP) is 13.6. The minimum absolute atomic E-state index is 0.758. The maximum Gasteiger partial charge on any atom is 0.118 e. The molecule has 0 amide bonds. The molecule has 0 unspecified atom stereocenters. The van der Waals surface area contributed by atoms with Gasteiger partial charge in [0, 0.05) is 12.1 Å². The fraction of sp³-hybridized carbons (Fsp3) is 0.0192. The minimum atomic E-state index is 0.758. The van der Waals surface area contributed by atoms with Crippen LogP contribution >= 0.6 is 0 Å². The van der Waals surface area contributed by atoms with Crippen LogP contribution in [0.3, 0.4) is 0 Å². The van der Waals surface area contributed by atoms with Gasteiger partial charge in [0.05, 0.1) is 11.0 Å². The van der Waals surface area contributed by atoms with E-state index in [1.165, 1.54) is 66.1 Å². The van der Waals surface area contributed by atoms with Gasteiger partial charge in [-0.2, -0.15) is 0 Å². The normalized spacial score (nSPS) is 11.4. The lowest BCUT2D eigenvalue weighted by atomic mass is 9.85. The van der Waals surface area contributed by atoms with Crippen molar-refractivity contribution < 1.29 is 0 Å². The van der Waals surface area contributed by atoms with Gasteiger partial charge in [-0.1, -0.05) is 182 Å². The van der Waals surface area contributed by atoms with Crippen molar-refractivity contribution >= 4 is 32.6 Å². The maximum absolute atomic E-state index is 5.22. The number of aromatic nitrogens is 2. The molecule has 0 spiro atoms. The molecule has 54 heavy (non-hydrogen) atoms. The highest BCUT2D eigenvalue weighted by Gasteiger charge is 2.18. The van der Waals surface area contributed by atoms with Crippen molar-refractivity contribution in [2.45, 2.75) is 6.42 Å². The standard InChI is InChI=1S/C52H36N2/c1-4-14-36(15-5-1)34-50-53-48-35-42(32-33-49(48)54(50)43-18-8-3-9-19-43)39-26-30-41(31-27-39)52-46-22-12-10-20-44(46)51(45-21-11-13-23-47(45)52)40-28-24-38(25-29-40)37-16-6-2-7-17-37/h1-33,35H,34H2. The molecule has 1 heterocycles. The van der Waals surface area contributed by atoms with Crippen LogP contribution in [0.1, 0.15) is 11.4 Å². The molecule has 0 aliphatic rings. The van der Waals surface area contributed by atoms with E-state index in [0.717, 1.165) is 34.5 Å². The average molecular weight is 689 g/mol. The summed E-state index contributed by atoms with van der Waals surface area (Å²) in [6, 6.07) is 74.3. The lowest BCUT2D eigenvalue weighted by Crippen LogP contribution is -2.02. The first-order valence-corrected chi connectivity index (χ1v) is 18.6. The summed E-state index contributed by atoms with van der Waals surface area (Å²) < 4.78 is 2.30. The van der Waals surface area contributed by atoms with E-state index in [-0.39, 0.29) is 0 Å². The van der Waals surface area contributed by atoms with Gasteiger partial charge in [0.25, 0.3) is 0 Å². The van der Waals surface area contributed by atoms with Gasteiger partial charge < -0.3 is 0 Å². The van der Waals surface area contributed by atoms with Gasteiger partial charge >= 0.3 is 0 Å². The van der Waals surface area contributed by atoms with Crippen LogP contribution in [0.4, 0.5) is 0 Å². The predicted molar refractivity (Wildman–Crippen MR) is 227 cm³/mol. The number of para-hydroxylation sites is 1. The van der Waals surface area contributed by atoms with Crippen LogP contribution in [-0.2, 0) is 6.42 Å². The number of nitrogens with zero attached hydrogens (tertiary/aromatic N) is 2. The van der Waals surface area contributed by atoms with Crippen molar-refractivity contribution in [1.82, 2.24) is 9.55 Å². The topological polar surface area (TPSA) is 17.8 Å². The zero-order chi connectivity index (χ0) is 35.8. The fourth-order valence-electron chi connectivity index (χ4n) is 8.11. The summed E-state index contributed by atoms with van der Waals surface area (Å²) >= 11 is 0. The van der Waals surface area contributed by atoms with E-state index in [4.69, 9.17) is 4.98 Å². The molecule has 0 bridgehead atoms. The first-order chi connectivity index (χ1) is 26.8. The Hall–Kier alpha value is -7.03. The average Bonchev–Trinajstić information content (AvgIpc) is 3.61. The molecule has 10 rings (SSSR count). The number of hydrogen-bond acceptors (Lipinski definition) is 1. The summed E-state index contributed by atoms with van der Waals surface area (Å²) in [6.45, 7) is 0. The van der Waals surface area contributed by atoms with Gasteiger partial charge in [-0.05, 0) is 95.9 Å². The molecule has 9 aromatic carbocycles. The van der Waals surface area contributed by atoms with E-state index in [2.05, 4.69) is 211 Å². The van der Waals surface area contributed by atoms with Crippen molar-refractivity contribution in [3.05, 3.63) is 218 Å². The summed E-state index contributed by atoms with van der Waals surface area (Å²) in [4.78, 5) is 5.22. The maximum atomic E-state index is 5.22. The van der Waals surface area contributed by atoms with E-state index in [0.29, 0.717) is 0 Å². The Bertz CT molecular complexity index is 2850. The highest BCUT2D eigenvalue weighted by atomic mass is 15.1. The monoisotopic (exact) mass is 688 g/mol. The second kappa shape index (κ2) is 13.5. The molecule has 254 valence electrons. The summed E-state index contributed by atoms with van der Waals surface area (Å²) in [5.74, 6) is 1.03. The first-order valence-electron chi connectivity index (χ1n) is 18.6. The quantitative estimate of drug-likeness (QED) is 0.152. The van der Waals surface area contributed by atoms with E-state index < -0.39 is 0 Å². The number of benzene rings is 9. The van der Waals surface area contributed by atoms with Gasteiger partial charge in [0.2, 0.25) is 0 Å². The largest absolute Gasteiger partial charge is 0.296 e. The van der Waals surface area contributed by atoms with Crippen LogP contribution in [0.5, 0.6) is 0 Å². The summed E-state index contributed by atoms with van der Waals surface area (Å²) in [5, 5.41) is 5.02. The van der Waals surface area contributed by atoms with Gasteiger partial charge in [0.15, 0.2) is 0 Å². The summed E-state index contributed by atoms with van der Waals surface area (Å²) in [5.41, 5.74) is 14.2. The Morgan fingerprint density at radius 3 is 1.30 bits per heavy atom. The van der Waals surface area contributed by atoms with Gasteiger partial charge in [-0.15, -0.1) is 0 Å². The zero-order valence-corrected chi connectivity index (χ0v) is 29.7. The Morgan fingerprint density at radius 2 is 0.759 bits per heavy atom. The third kappa shape index (κ3) is 5.66. The Morgan fingerprint density at radius 1 is 0.352 bits per heavy atom. The number of imidazole rings is 1. The smallest absolute Gasteiger partial charge is 0.118 e. The Labute approximate surface area is 315 Å². The van der Waals surface area contributed by atoms with E-state index >= 15 is 0 Å². The minimum Gasteiger partial charge on any atom is -0.296 e. The van der Waals surface area contributed by atoms with Crippen LogP contribution in [0.25, 0.3) is 82.8 Å². The molecule has 0 aliphatic carbocycles. The number of rotatable bonds is 7. The fourth-order valence-corrected chi connectivity index (χ4v) is 8.11. The zero-order valence-electron chi connectivity index (χ0n) is 29.7. The van der Waals surface area contributed by atoms with E-state index in [1.807, 2.05) is 0 Å². The summed E-state index contributed by atoms with van der Waals surface area (Å²) in [6.07, 6.45) is 0.758. The third-order valence-electron chi connectivity index (χ3n) is 10.7. The van der Waals surface area contributed by atoms with Crippen molar-refractivity contribution in [3.8, 4) is 50.2 Å². The number of hydrogen-bond donors (Lipinski definition) is 0. The van der Waals surface area contributed by atoms with Gasteiger partial charge in [-0.25, -0.2) is 4.98 Å². The number of fused-ring (bicyclic) bond motifs is 3. The summed E-state index contributed by atoms with van der Waals surface area (Å²) in [7, 11) is 0. The lowest BCUT2D eigenvalue weighted by Gasteiger charge is -2.18. The molecule has 10 aromatic rings. The van der Waals surface area contributed by atoms with Crippen LogP contribution in [0.2, 0.25) is 0 Å². The molecule has 0 fully saturated rings. The highest BCUT2D eigenvalue weighted by molar-refractivity contribution is 6.21. The van der Waals surface area contributed by atoms with Gasteiger partial charge in [0.1, 0.15) is 5.82 Å². The van der Waals surface area contributed by atoms with Crippen molar-refractivity contribution in [1.29, 1.82) is 0 Å². The van der Waals surface area contributed by atoms with Gasteiger partial charge in [-0.3, -0.25) is 4.57 Å². The SMILES string of the molecule is c1ccc(Cc2nc3cc(-c4ccc(-c5c6ccccc6c(-c6ccc(-c7ccccc7)cc6)c6ccccc56)cc4)ccc3n2-c2ccccc2)cc1. The lowest BCUT2D eigenvalue weighted by molar-refractivity contribution is 0.933. The molecule has 2 nitrogen and oxygen atoms in total. The Kier molecular flexibility index (Phi) is 7.92. The molecule has 0 N–H and O–H groups in total. The second-order valence-electron chi connectivity index (χ2n) is 13.9. The molecule has 2 heteroatoms. The molecule has 1 aromatic heterocycles.